The van der Waals surface area contributed by atoms with E-state index in [0.29, 0.717) is 39.1 Å². The monoisotopic (exact) mass is 539 g/mol. The number of nitrogens with zero attached hydrogens (tertiary/aromatic N) is 3. The summed E-state index contributed by atoms with van der Waals surface area (Å²) in [6.45, 7) is 0.268. The average Bonchev–Trinajstić information content (AvgIpc) is 3.29. The minimum absolute atomic E-state index is 0.0719. The smallest absolute Gasteiger partial charge is 0.281 e. The van der Waals surface area contributed by atoms with Crippen molar-refractivity contribution in [1.82, 2.24) is 0 Å². The number of benzene rings is 4. The van der Waals surface area contributed by atoms with Gasteiger partial charge in [0.25, 0.3) is 11.6 Å². The van der Waals surface area contributed by atoms with Crippen LogP contribution >= 0.6 is 11.6 Å². The lowest BCUT2D eigenvalue weighted by Crippen LogP contribution is -2.21. The zero-order chi connectivity index (χ0) is 27.4. The highest BCUT2D eigenvalue weighted by Gasteiger charge is 2.32. The van der Waals surface area contributed by atoms with Crippen molar-refractivity contribution in [2.75, 3.05) is 12.1 Å². The first-order valence-electron chi connectivity index (χ1n) is 11.9. The van der Waals surface area contributed by atoms with E-state index in [1.807, 2.05) is 54.6 Å². The number of hydrogen-bond donors (Lipinski definition) is 0. The Kier molecular flexibility index (Phi) is 7.38. The van der Waals surface area contributed by atoms with E-state index >= 15 is 0 Å². The number of non-ortho nitro benzene ring substituents is 1. The Morgan fingerprint density at radius 1 is 0.949 bits per heavy atom. The van der Waals surface area contributed by atoms with Crippen LogP contribution in [0, 0.1) is 10.1 Å². The van der Waals surface area contributed by atoms with Gasteiger partial charge in [0.2, 0.25) is 0 Å². The molecule has 0 bridgehead atoms. The zero-order valence-electron chi connectivity index (χ0n) is 20.8. The Morgan fingerprint density at radius 3 is 2.36 bits per heavy atom. The quantitative estimate of drug-likeness (QED) is 0.141. The number of nitro groups is 1. The number of carbonyl (C=O) groups excluding carboxylic acids is 1. The van der Waals surface area contributed by atoms with Crippen molar-refractivity contribution in [3.8, 4) is 11.5 Å². The molecule has 1 aliphatic rings. The average molecular weight is 540 g/mol. The maximum absolute atomic E-state index is 13.6. The Morgan fingerprint density at radius 2 is 1.67 bits per heavy atom. The van der Waals surface area contributed by atoms with E-state index in [2.05, 4.69) is 5.10 Å². The third-order valence-corrected chi connectivity index (χ3v) is 6.44. The van der Waals surface area contributed by atoms with Crippen LogP contribution < -0.4 is 14.5 Å². The van der Waals surface area contributed by atoms with Crippen LogP contribution in [0.4, 0.5) is 11.4 Å². The van der Waals surface area contributed by atoms with E-state index in [9.17, 15) is 14.9 Å². The normalized spacial score (nSPS) is 13.9. The lowest BCUT2D eigenvalue weighted by molar-refractivity contribution is -0.384. The lowest BCUT2D eigenvalue weighted by atomic mass is 10.00. The Labute approximate surface area is 229 Å². The molecule has 1 amide bonds. The molecule has 9 heteroatoms. The van der Waals surface area contributed by atoms with Crippen molar-refractivity contribution < 1.29 is 19.2 Å². The van der Waals surface area contributed by atoms with E-state index in [1.165, 1.54) is 29.3 Å². The molecule has 0 aromatic heterocycles. The van der Waals surface area contributed by atoms with Gasteiger partial charge in [-0.05, 0) is 42.0 Å². The van der Waals surface area contributed by atoms with Crippen LogP contribution in [0.5, 0.6) is 11.5 Å². The van der Waals surface area contributed by atoms with E-state index in [0.717, 1.165) is 11.1 Å². The Bertz CT molecular complexity index is 1600. The summed E-state index contributed by atoms with van der Waals surface area (Å²) in [7, 11) is 1.54. The van der Waals surface area contributed by atoms with Gasteiger partial charge in [-0.1, -0.05) is 66.2 Å². The molecule has 0 fully saturated rings. The second kappa shape index (κ2) is 11.2. The van der Waals surface area contributed by atoms with Crippen molar-refractivity contribution in [2.24, 2.45) is 5.10 Å². The fraction of sp³-hybridized carbons (Fsp3) is 0.0667. The summed E-state index contributed by atoms with van der Waals surface area (Å²) in [6, 6.07) is 27.8. The number of amides is 1. The summed E-state index contributed by atoms with van der Waals surface area (Å²) in [5.74, 6) is 0.662. The maximum atomic E-state index is 13.6. The first-order valence-corrected chi connectivity index (χ1v) is 12.3. The fourth-order valence-corrected chi connectivity index (χ4v) is 4.27. The van der Waals surface area contributed by atoms with E-state index in [1.54, 1.807) is 31.4 Å². The molecule has 4 aromatic carbocycles. The topological polar surface area (TPSA) is 94.3 Å². The second-order valence-corrected chi connectivity index (χ2v) is 8.96. The minimum atomic E-state index is -0.491. The first-order chi connectivity index (χ1) is 18.9. The van der Waals surface area contributed by atoms with Gasteiger partial charge in [0.05, 0.1) is 23.3 Å². The van der Waals surface area contributed by atoms with E-state index in [-0.39, 0.29) is 18.2 Å². The van der Waals surface area contributed by atoms with Gasteiger partial charge in [0, 0.05) is 28.3 Å². The molecule has 194 valence electrons. The summed E-state index contributed by atoms with van der Waals surface area (Å²) < 4.78 is 11.5. The van der Waals surface area contributed by atoms with Gasteiger partial charge in [0.1, 0.15) is 12.3 Å². The number of carbonyl (C=O) groups is 1. The molecule has 0 atom stereocenters. The molecule has 1 heterocycles. The van der Waals surface area contributed by atoms with Gasteiger partial charge >= 0.3 is 0 Å². The molecule has 4 aromatic rings. The molecule has 0 aliphatic carbocycles. The van der Waals surface area contributed by atoms with Crippen LogP contribution in [0.25, 0.3) is 6.08 Å². The van der Waals surface area contributed by atoms with Crippen LogP contribution in [0.1, 0.15) is 16.7 Å². The summed E-state index contributed by atoms with van der Waals surface area (Å²) in [6.07, 6.45) is 1.74. The van der Waals surface area contributed by atoms with Crippen LogP contribution in [0.2, 0.25) is 5.02 Å². The molecular formula is C30H22ClN3O5. The van der Waals surface area contributed by atoms with Crippen LogP contribution in [-0.4, -0.2) is 23.7 Å². The highest BCUT2D eigenvalue weighted by atomic mass is 35.5. The number of hydrogen-bond acceptors (Lipinski definition) is 6. The Balaban J connectivity index is 1.47. The van der Waals surface area contributed by atoms with Crippen molar-refractivity contribution >= 4 is 40.7 Å². The van der Waals surface area contributed by atoms with Crippen molar-refractivity contribution in [3.05, 3.63) is 134 Å². The summed E-state index contributed by atoms with van der Waals surface area (Å²) in [5.41, 5.74) is 3.51. The molecule has 0 saturated heterocycles. The molecule has 0 spiro atoms. The molecule has 0 radical (unpaired) electrons. The minimum Gasteiger partial charge on any atom is -0.493 e. The number of rotatable bonds is 8. The molecular weight excluding hydrogens is 518 g/mol. The first kappa shape index (κ1) is 25.7. The number of halogens is 1. The third-order valence-electron chi connectivity index (χ3n) is 6.07. The molecule has 5 rings (SSSR count). The number of anilines is 1. The summed E-state index contributed by atoms with van der Waals surface area (Å²) >= 11 is 6.24. The van der Waals surface area contributed by atoms with Gasteiger partial charge in [-0.3, -0.25) is 14.9 Å². The van der Waals surface area contributed by atoms with Crippen LogP contribution in [0.15, 0.2) is 108 Å². The van der Waals surface area contributed by atoms with Gasteiger partial charge < -0.3 is 9.47 Å². The highest BCUT2D eigenvalue weighted by molar-refractivity contribution is 6.37. The SMILES string of the molecule is COc1cc(/C=C2/C(=O)N(c3ccc([N+](=O)[O-])cc3)N=C2c2ccccc2)ccc1OCc1ccccc1Cl. The van der Waals surface area contributed by atoms with E-state index < -0.39 is 4.92 Å². The number of methoxy groups -OCH3 is 1. The van der Waals surface area contributed by atoms with Gasteiger partial charge in [-0.25, -0.2) is 0 Å². The van der Waals surface area contributed by atoms with Crippen molar-refractivity contribution in [1.29, 1.82) is 0 Å². The molecule has 1 aliphatic heterocycles. The number of hydrazone groups is 1. The molecule has 8 nitrogen and oxygen atoms in total. The van der Waals surface area contributed by atoms with Gasteiger partial charge in [-0.15, -0.1) is 0 Å². The number of nitro benzene ring substituents is 1. The molecule has 0 saturated carbocycles. The number of ether oxygens (including phenoxy) is 2. The van der Waals surface area contributed by atoms with Crippen molar-refractivity contribution in [2.45, 2.75) is 6.61 Å². The second-order valence-electron chi connectivity index (χ2n) is 8.55. The zero-order valence-corrected chi connectivity index (χ0v) is 21.5. The van der Waals surface area contributed by atoms with Crippen molar-refractivity contribution in [3.63, 3.8) is 0 Å². The molecule has 0 N–H and O–H groups in total. The fourth-order valence-electron chi connectivity index (χ4n) is 4.08. The highest BCUT2D eigenvalue weighted by Crippen LogP contribution is 2.33. The van der Waals surface area contributed by atoms with Gasteiger partial charge in [-0.2, -0.15) is 10.1 Å². The Hall–Kier alpha value is -4.95. The molecule has 39 heavy (non-hydrogen) atoms. The maximum Gasteiger partial charge on any atom is 0.281 e. The predicted octanol–water partition coefficient (Wildman–Crippen LogP) is 6.67. The lowest BCUT2D eigenvalue weighted by Gasteiger charge is -2.13. The standard InChI is InChI=1S/C30H22ClN3O5/c1-38-28-18-20(11-16-27(28)39-19-22-9-5-6-10-26(22)31)17-25-29(21-7-3-2-4-8-21)32-33(30(25)35)23-12-14-24(15-13-23)34(36)37/h2-18H,19H2,1H3/b25-17+. The predicted molar refractivity (Wildman–Crippen MR) is 150 cm³/mol. The summed E-state index contributed by atoms with van der Waals surface area (Å²) in [5, 5.41) is 17.5. The van der Waals surface area contributed by atoms with Crippen LogP contribution in [0.3, 0.4) is 0 Å². The third kappa shape index (κ3) is 5.51. The molecule has 0 unspecified atom stereocenters. The van der Waals surface area contributed by atoms with Gasteiger partial charge in [0.15, 0.2) is 11.5 Å². The van der Waals surface area contributed by atoms with Crippen LogP contribution in [-0.2, 0) is 11.4 Å². The van der Waals surface area contributed by atoms with E-state index in [4.69, 9.17) is 21.1 Å². The largest absolute Gasteiger partial charge is 0.493 e. The summed E-state index contributed by atoms with van der Waals surface area (Å²) in [4.78, 5) is 24.1.